The van der Waals surface area contributed by atoms with Crippen LogP contribution in [0.2, 0.25) is 0 Å². The summed E-state index contributed by atoms with van der Waals surface area (Å²) in [5.74, 6) is -0.377. The second kappa shape index (κ2) is 2.03. The summed E-state index contributed by atoms with van der Waals surface area (Å²) in [4.78, 5) is 9.84. The van der Waals surface area contributed by atoms with Gasteiger partial charge in [0.1, 0.15) is 17.5 Å². The molecule has 0 aromatic heterocycles. The number of carbonyl (C=O) groups is 1. The number of ether oxygens (including phenoxy) is 1. The van der Waals surface area contributed by atoms with Crippen molar-refractivity contribution in [3.05, 3.63) is 0 Å². The van der Waals surface area contributed by atoms with Crippen LogP contribution in [0.3, 0.4) is 0 Å². The van der Waals surface area contributed by atoms with E-state index >= 15 is 0 Å². The molecule has 1 aliphatic rings. The number of halogens is 1. The van der Waals surface area contributed by atoms with Crippen molar-refractivity contribution in [2.45, 2.75) is 10.9 Å². The molecule has 1 aliphatic heterocycles. The van der Waals surface area contributed by atoms with Gasteiger partial charge in [-0.05, 0) is 0 Å². The Kier molecular flexibility index (Phi) is 1.53. The second-order valence-corrected chi connectivity index (χ2v) is 2.59. The lowest BCUT2D eigenvalue weighted by molar-refractivity contribution is -0.137. The van der Waals surface area contributed by atoms with Gasteiger partial charge in [-0.15, -0.1) is 0 Å². The minimum Gasteiger partial charge on any atom is -0.462 e. The first-order chi connectivity index (χ1) is 3.72. The van der Waals surface area contributed by atoms with E-state index in [9.17, 15) is 4.79 Å². The lowest BCUT2D eigenvalue weighted by Gasteiger charge is -1.95. The van der Waals surface area contributed by atoms with Crippen molar-refractivity contribution < 1.29 is 14.6 Å². The van der Waals surface area contributed by atoms with Crippen molar-refractivity contribution in [3.63, 3.8) is 0 Å². The molecule has 1 saturated heterocycles. The molecule has 46 valence electrons. The molecule has 1 rings (SSSR count). The van der Waals surface area contributed by atoms with E-state index in [0.717, 1.165) is 0 Å². The van der Waals surface area contributed by atoms with Crippen LogP contribution in [0.15, 0.2) is 0 Å². The third kappa shape index (κ3) is 0.855. The van der Waals surface area contributed by atoms with Crippen LogP contribution >= 0.6 is 15.9 Å². The molecule has 0 spiro atoms. The highest BCUT2D eigenvalue weighted by molar-refractivity contribution is 9.10. The Bertz CT molecular complexity index is 114. The number of cyclic esters (lactones) is 1. The molecule has 3 nitrogen and oxygen atoms in total. The highest BCUT2D eigenvalue weighted by Crippen LogP contribution is 2.14. The van der Waals surface area contributed by atoms with Crippen LogP contribution in [0.4, 0.5) is 0 Å². The van der Waals surface area contributed by atoms with Gasteiger partial charge >= 0.3 is 5.97 Å². The van der Waals surface area contributed by atoms with E-state index in [-0.39, 0.29) is 12.6 Å². The third-order valence-electron chi connectivity index (χ3n) is 0.959. The van der Waals surface area contributed by atoms with E-state index in [1.165, 1.54) is 0 Å². The van der Waals surface area contributed by atoms with Crippen LogP contribution < -0.4 is 0 Å². The Morgan fingerprint density at radius 3 is 2.62 bits per heavy atom. The Morgan fingerprint density at radius 2 is 2.50 bits per heavy atom. The van der Waals surface area contributed by atoms with E-state index in [4.69, 9.17) is 5.11 Å². The van der Waals surface area contributed by atoms with Crippen molar-refractivity contribution in [1.29, 1.82) is 0 Å². The van der Waals surface area contributed by atoms with Gasteiger partial charge in [0.25, 0.3) is 0 Å². The normalized spacial score (nSPS) is 37.5. The van der Waals surface area contributed by atoms with E-state index in [1.807, 2.05) is 0 Å². The minimum absolute atomic E-state index is 0.120. The second-order valence-electron chi connectivity index (χ2n) is 1.60. The Labute approximate surface area is 54.8 Å². The summed E-state index contributed by atoms with van der Waals surface area (Å²) in [6.07, 6.45) is -0.664. The largest absolute Gasteiger partial charge is 0.462 e. The molecule has 4 heteroatoms. The van der Waals surface area contributed by atoms with Crippen LogP contribution in [0, 0.1) is 0 Å². The monoisotopic (exact) mass is 180 g/mol. The molecule has 0 aromatic rings. The summed E-state index contributed by atoms with van der Waals surface area (Å²) >= 11 is 2.94. The van der Waals surface area contributed by atoms with E-state index in [1.54, 1.807) is 0 Å². The summed E-state index contributed by atoms with van der Waals surface area (Å²) in [5.41, 5.74) is 0. The van der Waals surface area contributed by atoms with Crippen LogP contribution in [0.25, 0.3) is 0 Å². The maximum absolute atomic E-state index is 10.4. The third-order valence-corrected chi connectivity index (χ3v) is 1.94. The average Bonchev–Trinajstić information content (AvgIpc) is 1.98. The molecule has 2 atom stereocenters. The highest BCUT2D eigenvalue weighted by atomic mass is 79.9. The van der Waals surface area contributed by atoms with Gasteiger partial charge in [0.2, 0.25) is 0 Å². The SMILES string of the molecule is O=C1OC[C@H](O)[C@H]1Br. The van der Waals surface area contributed by atoms with Crippen LogP contribution in [0.1, 0.15) is 0 Å². The predicted molar refractivity (Wildman–Crippen MR) is 29.7 cm³/mol. The topological polar surface area (TPSA) is 46.5 Å². The van der Waals surface area contributed by atoms with E-state index in [0.29, 0.717) is 0 Å². The number of rotatable bonds is 0. The number of esters is 1. The summed E-state index contributed by atoms with van der Waals surface area (Å²) < 4.78 is 4.44. The molecule has 1 heterocycles. The van der Waals surface area contributed by atoms with Gasteiger partial charge in [0, 0.05) is 0 Å². The fourth-order valence-corrected chi connectivity index (χ4v) is 0.773. The number of carbonyl (C=O) groups excluding carboxylic acids is 1. The molecular weight excluding hydrogens is 176 g/mol. The molecule has 0 aliphatic carbocycles. The molecule has 0 bridgehead atoms. The van der Waals surface area contributed by atoms with Gasteiger partial charge < -0.3 is 9.84 Å². The molecule has 1 N–H and O–H groups in total. The number of aliphatic hydroxyl groups excluding tert-OH is 1. The standard InChI is InChI=1S/C4H5BrO3/c5-3-2(6)1-8-4(3)7/h2-3,6H,1H2/t2-,3+/m0/s1. The Hall–Kier alpha value is -0.0900. The zero-order valence-corrected chi connectivity index (χ0v) is 5.59. The van der Waals surface area contributed by atoms with E-state index in [2.05, 4.69) is 20.7 Å². The maximum Gasteiger partial charge on any atom is 0.322 e. The maximum atomic E-state index is 10.4. The number of hydrogen-bond donors (Lipinski definition) is 1. The Morgan fingerprint density at radius 1 is 1.88 bits per heavy atom. The van der Waals surface area contributed by atoms with Gasteiger partial charge in [-0.3, -0.25) is 4.79 Å². The van der Waals surface area contributed by atoms with Crippen molar-refractivity contribution in [2.24, 2.45) is 0 Å². The van der Waals surface area contributed by atoms with Gasteiger partial charge in [-0.1, -0.05) is 15.9 Å². The first-order valence-corrected chi connectivity index (χ1v) is 3.12. The quantitative estimate of drug-likeness (QED) is 0.411. The van der Waals surface area contributed by atoms with Crippen molar-refractivity contribution >= 4 is 21.9 Å². The molecule has 0 saturated carbocycles. The van der Waals surface area contributed by atoms with Crippen molar-refractivity contribution in [3.8, 4) is 0 Å². The minimum atomic E-state index is -0.664. The molecule has 8 heavy (non-hydrogen) atoms. The molecule has 0 aromatic carbocycles. The number of aliphatic hydroxyl groups is 1. The van der Waals surface area contributed by atoms with Gasteiger partial charge in [0.15, 0.2) is 0 Å². The van der Waals surface area contributed by atoms with Gasteiger partial charge in [-0.2, -0.15) is 0 Å². The number of hydrogen-bond acceptors (Lipinski definition) is 3. The van der Waals surface area contributed by atoms with Crippen molar-refractivity contribution in [1.82, 2.24) is 0 Å². The average molecular weight is 181 g/mol. The molecular formula is C4H5BrO3. The fourth-order valence-electron chi connectivity index (χ4n) is 0.489. The predicted octanol–water partition coefficient (Wildman–Crippen LogP) is -0.332. The van der Waals surface area contributed by atoms with Gasteiger partial charge in [0.05, 0.1) is 0 Å². The summed E-state index contributed by atoms with van der Waals surface area (Å²) in [6.45, 7) is 0.120. The smallest absolute Gasteiger partial charge is 0.322 e. The van der Waals surface area contributed by atoms with Crippen LogP contribution in [-0.2, 0) is 9.53 Å². The first kappa shape index (κ1) is 6.04. The molecule has 0 amide bonds. The fraction of sp³-hybridized carbons (Fsp3) is 0.750. The lowest BCUT2D eigenvalue weighted by Crippen LogP contribution is -2.19. The van der Waals surface area contributed by atoms with Crippen molar-refractivity contribution in [2.75, 3.05) is 6.61 Å². The summed E-state index contributed by atoms with van der Waals surface area (Å²) in [5, 5.41) is 8.78. The van der Waals surface area contributed by atoms with E-state index < -0.39 is 10.9 Å². The highest BCUT2D eigenvalue weighted by Gasteiger charge is 2.32. The van der Waals surface area contributed by atoms with Crippen LogP contribution in [-0.4, -0.2) is 28.6 Å². The Balaban J connectivity index is 2.56. The summed E-state index contributed by atoms with van der Waals surface area (Å²) in [6, 6.07) is 0. The molecule has 0 unspecified atom stereocenters. The zero-order chi connectivity index (χ0) is 6.15. The zero-order valence-electron chi connectivity index (χ0n) is 4.00. The first-order valence-electron chi connectivity index (χ1n) is 2.20. The van der Waals surface area contributed by atoms with Crippen LogP contribution in [0.5, 0.6) is 0 Å². The molecule has 1 fully saturated rings. The lowest BCUT2D eigenvalue weighted by atomic mass is 10.3. The molecule has 0 radical (unpaired) electrons. The summed E-state index contributed by atoms with van der Waals surface area (Å²) in [7, 11) is 0. The van der Waals surface area contributed by atoms with Gasteiger partial charge in [-0.25, -0.2) is 0 Å². The number of alkyl halides is 1.